The van der Waals surface area contributed by atoms with E-state index in [9.17, 15) is 9.59 Å². The molecule has 1 heterocycles. The summed E-state index contributed by atoms with van der Waals surface area (Å²) in [5, 5.41) is 14.8. The average Bonchev–Trinajstić information content (AvgIpc) is 2.82. The monoisotopic (exact) mass is 374 g/mol. The Kier molecular flexibility index (Phi) is 5.64. The minimum absolute atomic E-state index is 0.00896. The summed E-state index contributed by atoms with van der Waals surface area (Å²) in [7, 11) is 0. The van der Waals surface area contributed by atoms with Crippen molar-refractivity contribution in [2.45, 2.75) is 50.6 Å². The van der Waals surface area contributed by atoms with Gasteiger partial charge in [0.25, 0.3) is 0 Å². The molecule has 116 valence electrons. The first-order valence-electron chi connectivity index (χ1n) is 7.01. The van der Waals surface area contributed by atoms with E-state index in [-0.39, 0.29) is 12.5 Å². The van der Waals surface area contributed by atoms with Crippen molar-refractivity contribution in [2.75, 3.05) is 0 Å². The topological polar surface area (TPSA) is 78.4 Å². The Bertz CT molecular complexity index is 512. The molecular weight excluding hydrogens is 356 g/mol. The van der Waals surface area contributed by atoms with E-state index in [4.69, 9.17) is 5.11 Å². The second-order valence-corrected chi connectivity index (χ2v) is 7.97. The van der Waals surface area contributed by atoms with Crippen molar-refractivity contribution in [3.63, 3.8) is 0 Å². The van der Waals surface area contributed by atoms with Crippen LogP contribution in [0.2, 0.25) is 0 Å². The zero-order chi connectivity index (χ0) is 15.3. The number of hydrogen-bond donors (Lipinski definition) is 3. The molecule has 7 heteroatoms. The Morgan fingerprint density at radius 2 is 2.00 bits per heavy atom. The number of thiophene rings is 1. The van der Waals surface area contributed by atoms with E-state index < -0.39 is 11.5 Å². The predicted molar refractivity (Wildman–Crippen MR) is 85.5 cm³/mol. The molecule has 1 aliphatic carbocycles. The van der Waals surface area contributed by atoms with Crippen LogP contribution in [0.25, 0.3) is 0 Å². The van der Waals surface area contributed by atoms with Gasteiger partial charge in [0, 0.05) is 4.88 Å². The molecule has 5 nitrogen and oxygen atoms in total. The van der Waals surface area contributed by atoms with Crippen LogP contribution < -0.4 is 10.6 Å². The van der Waals surface area contributed by atoms with Crippen LogP contribution in [0.15, 0.2) is 15.9 Å². The standard InChI is InChI=1S/C14H19BrN2O3S/c15-11-5-4-10(21-11)9-16-13(20)17-14(8-12(18)19)6-2-1-3-7-14/h4-5H,1-3,6-9H2,(H,18,19)(H2,16,17,20). The van der Waals surface area contributed by atoms with Crippen LogP contribution >= 0.6 is 27.3 Å². The lowest BCUT2D eigenvalue weighted by Crippen LogP contribution is -2.54. The van der Waals surface area contributed by atoms with E-state index in [1.807, 2.05) is 12.1 Å². The molecule has 0 bridgehead atoms. The van der Waals surface area contributed by atoms with Crippen molar-refractivity contribution < 1.29 is 14.7 Å². The van der Waals surface area contributed by atoms with Crippen molar-refractivity contribution in [2.24, 2.45) is 0 Å². The minimum Gasteiger partial charge on any atom is -0.481 e. The molecule has 1 fully saturated rings. The molecule has 0 radical (unpaired) electrons. The van der Waals surface area contributed by atoms with E-state index in [0.29, 0.717) is 6.54 Å². The quantitative estimate of drug-likeness (QED) is 0.737. The summed E-state index contributed by atoms with van der Waals surface area (Å²) in [6.07, 6.45) is 4.49. The molecule has 0 saturated heterocycles. The average molecular weight is 375 g/mol. The number of carboxylic acid groups (broad SMARTS) is 1. The smallest absolute Gasteiger partial charge is 0.315 e. The van der Waals surface area contributed by atoms with Crippen LogP contribution in [-0.4, -0.2) is 22.6 Å². The molecule has 1 aromatic heterocycles. The maximum Gasteiger partial charge on any atom is 0.315 e. The van der Waals surface area contributed by atoms with E-state index >= 15 is 0 Å². The Hall–Kier alpha value is -1.08. The predicted octanol–water partition coefficient (Wildman–Crippen LogP) is 3.49. The number of halogens is 1. The summed E-state index contributed by atoms with van der Waals surface area (Å²) in [4.78, 5) is 24.2. The number of carboxylic acids is 1. The number of hydrogen-bond acceptors (Lipinski definition) is 3. The summed E-state index contributed by atoms with van der Waals surface area (Å²) >= 11 is 4.94. The van der Waals surface area contributed by atoms with E-state index in [0.717, 1.165) is 40.8 Å². The molecule has 1 aromatic rings. The first-order valence-corrected chi connectivity index (χ1v) is 8.62. The van der Waals surface area contributed by atoms with Gasteiger partial charge in [-0.15, -0.1) is 11.3 Å². The summed E-state index contributed by atoms with van der Waals surface area (Å²) in [6, 6.07) is 3.60. The Balaban J connectivity index is 1.89. The number of carbonyl (C=O) groups is 2. The number of amides is 2. The minimum atomic E-state index is -0.862. The van der Waals surface area contributed by atoms with Gasteiger partial charge >= 0.3 is 12.0 Å². The highest BCUT2D eigenvalue weighted by Crippen LogP contribution is 2.31. The molecule has 0 atom stereocenters. The van der Waals surface area contributed by atoms with Gasteiger partial charge < -0.3 is 15.7 Å². The second-order valence-electron chi connectivity index (χ2n) is 5.43. The molecule has 0 aliphatic heterocycles. The number of aliphatic carboxylic acids is 1. The van der Waals surface area contributed by atoms with E-state index in [2.05, 4.69) is 26.6 Å². The fourth-order valence-electron chi connectivity index (χ4n) is 2.76. The van der Waals surface area contributed by atoms with Gasteiger partial charge in [-0.1, -0.05) is 19.3 Å². The lowest BCUT2D eigenvalue weighted by atomic mass is 9.79. The van der Waals surface area contributed by atoms with Crippen LogP contribution in [0.4, 0.5) is 4.79 Å². The molecule has 21 heavy (non-hydrogen) atoms. The highest BCUT2D eigenvalue weighted by atomic mass is 79.9. The zero-order valence-electron chi connectivity index (χ0n) is 11.7. The summed E-state index contributed by atoms with van der Waals surface area (Å²) in [5.74, 6) is -0.862. The first kappa shape index (κ1) is 16.3. The van der Waals surface area contributed by atoms with Gasteiger partial charge in [0.1, 0.15) is 0 Å². The Morgan fingerprint density at radius 1 is 1.29 bits per heavy atom. The zero-order valence-corrected chi connectivity index (χ0v) is 14.1. The van der Waals surface area contributed by atoms with Crippen molar-refractivity contribution in [3.05, 3.63) is 20.8 Å². The summed E-state index contributed by atoms with van der Waals surface area (Å²) < 4.78 is 1.02. The number of carbonyl (C=O) groups excluding carboxylic acids is 1. The lowest BCUT2D eigenvalue weighted by molar-refractivity contribution is -0.139. The molecular formula is C14H19BrN2O3S. The first-order chi connectivity index (χ1) is 9.99. The number of nitrogens with one attached hydrogen (secondary N) is 2. The van der Waals surface area contributed by atoms with Gasteiger partial charge in [-0.05, 0) is 40.9 Å². The molecule has 2 rings (SSSR count). The van der Waals surface area contributed by atoms with Crippen LogP contribution in [0.1, 0.15) is 43.4 Å². The van der Waals surface area contributed by atoms with Gasteiger partial charge in [-0.25, -0.2) is 4.79 Å². The molecule has 2 amide bonds. The molecule has 0 spiro atoms. The normalized spacial score (nSPS) is 17.2. The van der Waals surface area contributed by atoms with Crippen LogP contribution in [0.3, 0.4) is 0 Å². The van der Waals surface area contributed by atoms with Crippen LogP contribution in [-0.2, 0) is 11.3 Å². The highest BCUT2D eigenvalue weighted by Gasteiger charge is 2.35. The highest BCUT2D eigenvalue weighted by molar-refractivity contribution is 9.11. The molecule has 0 unspecified atom stereocenters. The lowest BCUT2D eigenvalue weighted by Gasteiger charge is -2.36. The third-order valence-corrected chi connectivity index (χ3v) is 5.35. The number of rotatable bonds is 5. The van der Waals surface area contributed by atoms with Gasteiger partial charge in [-0.3, -0.25) is 4.79 Å². The van der Waals surface area contributed by atoms with Crippen molar-refractivity contribution >= 4 is 39.3 Å². The molecule has 3 N–H and O–H groups in total. The van der Waals surface area contributed by atoms with Gasteiger partial charge in [-0.2, -0.15) is 0 Å². The largest absolute Gasteiger partial charge is 0.481 e. The van der Waals surface area contributed by atoms with Crippen molar-refractivity contribution in [1.29, 1.82) is 0 Å². The SMILES string of the molecule is O=C(O)CC1(NC(=O)NCc2ccc(Br)s2)CCCCC1. The van der Waals surface area contributed by atoms with E-state index in [1.54, 1.807) is 11.3 Å². The third kappa shape index (κ3) is 5.00. The van der Waals surface area contributed by atoms with Gasteiger partial charge in [0.15, 0.2) is 0 Å². The summed E-state index contributed by atoms with van der Waals surface area (Å²) in [5.41, 5.74) is -0.593. The summed E-state index contributed by atoms with van der Waals surface area (Å²) in [6.45, 7) is 0.450. The fraction of sp³-hybridized carbons (Fsp3) is 0.571. The van der Waals surface area contributed by atoms with Crippen molar-refractivity contribution in [3.8, 4) is 0 Å². The second kappa shape index (κ2) is 7.26. The molecule has 1 saturated carbocycles. The Labute approximate surface area is 136 Å². The number of urea groups is 1. The Morgan fingerprint density at radius 3 is 2.57 bits per heavy atom. The molecule has 1 aliphatic rings. The van der Waals surface area contributed by atoms with Crippen LogP contribution in [0.5, 0.6) is 0 Å². The van der Waals surface area contributed by atoms with Crippen LogP contribution in [0, 0.1) is 0 Å². The fourth-order valence-corrected chi connectivity index (χ4v) is 4.19. The maximum absolute atomic E-state index is 12.1. The van der Waals surface area contributed by atoms with Gasteiger partial charge in [0.2, 0.25) is 0 Å². The third-order valence-electron chi connectivity index (χ3n) is 3.73. The van der Waals surface area contributed by atoms with Gasteiger partial charge in [0.05, 0.1) is 22.3 Å². The molecule has 0 aromatic carbocycles. The van der Waals surface area contributed by atoms with Crippen molar-refractivity contribution in [1.82, 2.24) is 10.6 Å². The van der Waals surface area contributed by atoms with E-state index in [1.165, 1.54) is 0 Å². The maximum atomic E-state index is 12.1.